The van der Waals surface area contributed by atoms with E-state index in [4.69, 9.17) is 9.73 Å². The number of carbonyl (C=O) groups is 1. The van der Waals surface area contributed by atoms with Crippen molar-refractivity contribution < 1.29 is 13.9 Å². The third kappa shape index (κ3) is 5.36. The van der Waals surface area contributed by atoms with Gasteiger partial charge in [-0.2, -0.15) is 5.26 Å². The molecule has 0 radical (unpaired) electrons. The molecular formula is C28H32FN5O2. The van der Waals surface area contributed by atoms with Crippen molar-refractivity contribution in [3.05, 3.63) is 48.3 Å². The summed E-state index contributed by atoms with van der Waals surface area (Å²) in [6.45, 7) is 3.45. The number of anilines is 1. The number of fused-ring (bicyclic) bond motifs is 1. The maximum absolute atomic E-state index is 13.4. The van der Waals surface area contributed by atoms with E-state index >= 15 is 0 Å². The zero-order chi connectivity index (χ0) is 24.9. The summed E-state index contributed by atoms with van der Waals surface area (Å²) in [5.74, 6) is -0.713. The highest BCUT2D eigenvalue weighted by atomic mass is 19.1. The normalized spacial score (nSPS) is 20.9. The molecule has 2 N–H and O–H groups in total. The van der Waals surface area contributed by atoms with Crippen LogP contribution in [0.2, 0.25) is 0 Å². The van der Waals surface area contributed by atoms with Crippen molar-refractivity contribution in [3.8, 4) is 17.2 Å². The second-order valence-electron chi connectivity index (χ2n) is 9.81. The first-order valence-electron chi connectivity index (χ1n) is 12.9. The van der Waals surface area contributed by atoms with E-state index in [1.54, 1.807) is 12.1 Å². The fourth-order valence-corrected chi connectivity index (χ4v) is 5.29. The van der Waals surface area contributed by atoms with Gasteiger partial charge in [-0.15, -0.1) is 0 Å². The number of rotatable bonds is 5. The standard InChI is InChI=1S/C28H32FN5O2/c29-22-9-6-20(7-10-22)21-8-11-24-25(16-21)33-27(34-14-12-31-13-15-34)26(32-24)23(17-30)28(35)36-18-19-4-2-1-3-5-19/h6-11,16,19,23,26,31-32H,1-5,12-15,18H2. The Morgan fingerprint density at radius 2 is 1.83 bits per heavy atom. The molecule has 2 unspecified atom stereocenters. The van der Waals surface area contributed by atoms with E-state index in [0.717, 1.165) is 61.5 Å². The maximum atomic E-state index is 13.4. The summed E-state index contributed by atoms with van der Waals surface area (Å²) in [6.07, 6.45) is 5.73. The van der Waals surface area contributed by atoms with Crippen LogP contribution in [0.25, 0.3) is 11.1 Å². The number of piperazine rings is 1. The minimum absolute atomic E-state index is 0.279. The number of ether oxygens (including phenoxy) is 1. The topological polar surface area (TPSA) is 89.8 Å². The molecule has 2 aromatic carbocycles. The van der Waals surface area contributed by atoms with Gasteiger partial charge in [-0.05, 0) is 54.2 Å². The van der Waals surface area contributed by atoms with Gasteiger partial charge in [0.15, 0.2) is 5.92 Å². The van der Waals surface area contributed by atoms with Gasteiger partial charge in [0.2, 0.25) is 0 Å². The molecule has 0 aromatic heterocycles. The minimum Gasteiger partial charge on any atom is -0.464 e. The molecule has 5 rings (SSSR count). The van der Waals surface area contributed by atoms with Crippen LogP contribution in [0.1, 0.15) is 32.1 Å². The van der Waals surface area contributed by atoms with Gasteiger partial charge in [0.05, 0.1) is 24.1 Å². The predicted molar refractivity (Wildman–Crippen MR) is 137 cm³/mol. The second-order valence-corrected chi connectivity index (χ2v) is 9.81. The van der Waals surface area contributed by atoms with Gasteiger partial charge in [-0.1, -0.05) is 37.5 Å². The van der Waals surface area contributed by atoms with Crippen molar-refractivity contribution in [2.75, 3.05) is 38.1 Å². The lowest BCUT2D eigenvalue weighted by Crippen LogP contribution is -2.55. The molecule has 3 aliphatic rings. The van der Waals surface area contributed by atoms with Gasteiger partial charge >= 0.3 is 5.97 Å². The van der Waals surface area contributed by atoms with Crippen molar-refractivity contribution in [3.63, 3.8) is 0 Å². The summed E-state index contributed by atoms with van der Waals surface area (Å²) in [5, 5.41) is 16.8. The number of carbonyl (C=O) groups excluding carboxylic acids is 1. The van der Waals surface area contributed by atoms with Gasteiger partial charge in [0.25, 0.3) is 0 Å². The van der Waals surface area contributed by atoms with Crippen molar-refractivity contribution in [2.24, 2.45) is 16.8 Å². The van der Waals surface area contributed by atoms with Gasteiger partial charge < -0.3 is 20.3 Å². The number of nitriles is 1. The molecular weight excluding hydrogens is 457 g/mol. The number of halogens is 1. The lowest BCUT2D eigenvalue weighted by Gasteiger charge is -2.38. The molecule has 36 heavy (non-hydrogen) atoms. The van der Waals surface area contributed by atoms with Crippen LogP contribution in [0.5, 0.6) is 0 Å². The Morgan fingerprint density at radius 1 is 1.11 bits per heavy atom. The molecule has 1 saturated heterocycles. The molecule has 188 valence electrons. The fraction of sp³-hybridized carbons (Fsp3) is 0.464. The average molecular weight is 490 g/mol. The molecule has 0 bridgehead atoms. The third-order valence-corrected chi connectivity index (χ3v) is 7.35. The summed E-state index contributed by atoms with van der Waals surface area (Å²) in [5.41, 5.74) is 3.29. The number of amidine groups is 1. The Hall–Kier alpha value is -3.44. The molecule has 2 aromatic rings. The minimum atomic E-state index is -1.01. The molecule has 1 saturated carbocycles. The first-order valence-corrected chi connectivity index (χ1v) is 12.9. The van der Waals surface area contributed by atoms with E-state index < -0.39 is 17.9 Å². The molecule has 0 spiro atoms. The quantitative estimate of drug-likeness (QED) is 0.602. The van der Waals surface area contributed by atoms with Gasteiger partial charge in [-0.25, -0.2) is 9.38 Å². The van der Waals surface area contributed by atoms with Crippen LogP contribution in [-0.2, 0) is 9.53 Å². The van der Waals surface area contributed by atoms with Crippen LogP contribution in [-0.4, -0.2) is 55.5 Å². The van der Waals surface area contributed by atoms with E-state index in [2.05, 4.69) is 21.6 Å². The number of nitrogens with zero attached hydrogens (tertiary/aromatic N) is 3. The van der Waals surface area contributed by atoms with E-state index in [9.17, 15) is 14.4 Å². The Morgan fingerprint density at radius 3 is 2.56 bits per heavy atom. The number of nitrogens with one attached hydrogen (secondary N) is 2. The number of hydrogen-bond acceptors (Lipinski definition) is 7. The zero-order valence-corrected chi connectivity index (χ0v) is 20.4. The third-order valence-electron chi connectivity index (χ3n) is 7.35. The van der Waals surface area contributed by atoms with E-state index in [0.29, 0.717) is 18.4 Å². The fourth-order valence-electron chi connectivity index (χ4n) is 5.29. The molecule has 2 aliphatic heterocycles. The number of hydrogen-bond donors (Lipinski definition) is 2. The summed E-state index contributed by atoms with van der Waals surface area (Å²) in [7, 11) is 0. The highest BCUT2D eigenvalue weighted by Gasteiger charge is 2.39. The lowest BCUT2D eigenvalue weighted by molar-refractivity contribution is -0.148. The van der Waals surface area contributed by atoms with Crippen LogP contribution < -0.4 is 10.6 Å². The summed E-state index contributed by atoms with van der Waals surface area (Å²) in [4.78, 5) is 20.2. The van der Waals surface area contributed by atoms with Crippen molar-refractivity contribution in [1.29, 1.82) is 5.26 Å². The van der Waals surface area contributed by atoms with Gasteiger partial charge in [0, 0.05) is 26.2 Å². The average Bonchev–Trinajstić information content (AvgIpc) is 2.93. The Kier molecular flexibility index (Phi) is 7.47. The number of aliphatic imine (C=N–C) groups is 1. The highest BCUT2D eigenvalue weighted by Crippen LogP contribution is 2.36. The molecule has 1 aliphatic carbocycles. The predicted octanol–water partition coefficient (Wildman–Crippen LogP) is 4.49. The Balaban J connectivity index is 1.41. The largest absolute Gasteiger partial charge is 0.464 e. The van der Waals surface area contributed by atoms with Crippen LogP contribution in [0, 0.1) is 29.0 Å². The second kappa shape index (κ2) is 11.1. The summed E-state index contributed by atoms with van der Waals surface area (Å²) in [6, 6.07) is 13.8. The van der Waals surface area contributed by atoms with Gasteiger partial charge in [-0.3, -0.25) is 4.79 Å². The lowest BCUT2D eigenvalue weighted by atomic mass is 9.90. The first kappa shape index (κ1) is 24.3. The van der Waals surface area contributed by atoms with Crippen molar-refractivity contribution >= 4 is 23.2 Å². The molecule has 2 heterocycles. The summed E-state index contributed by atoms with van der Waals surface area (Å²) >= 11 is 0. The monoisotopic (exact) mass is 489 g/mol. The van der Waals surface area contributed by atoms with Crippen LogP contribution >= 0.6 is 0 Å². The van der Waals surface area contributed by atoms with Crippen LogP contribution in [0.3, 0.4) is 0 Å². The molecule has 2 atom stereocenters. The van der Waals surface area contributed by atoms with E-state index in [-0.39, 0.29) is 5.82 Å². The van der Waals surface area contributed by atoms with Crippen LogP contribution in [0.15, 0.2) is 47.5 Å². The number of esters is 1. The van der Waals surface area contributed by atoms with Crippen LogP contribution in [0.4, 0.5) is 15.8 Å². The smallest absolute Gasteiger partial charge is 0.325 e. The molecule has 8 heteroatoms. The Bertz CT molecular complexity index is 1150. The zero-order valence-electron chi connectivity index (χ0n) is 20.4. The van der Waals surface area contributed by atoms with Crippen molar-refractivity contribution in [1.82, 2.24) is 10.2 Å². The first-order chi connectivity index (χ1) is 17.6. The van der Waals surface area contributed by atoms with E-state index in [1.165, 1.54) is 31.4 Å². The highest BCUT2D eigenvalue weighted by molar-refractivity contribution is 6.01. The molecule has 7 nitrogen and oxygen atoms in total. The summed E-state index contributed by atoms with van der Waals surface area (Å²) < 4.78 is 19.1. The maximum Gasteiger partial charge on any atom is 0.325 e. The molecule has 0 amide bonds. The SMILES string of the molecule is N#CC(C(=O)OCC1CCCCC1)C1Nc2ccc(-c3ccc(F)cc3)cc2N=C1N1CCNCC1. The van der Waals surface area contributed by atoms with E-state index in [1.807, 2.05) is 18.2 Å². The Labute approximate surface area is 211 Å². The molecule has 2 fully saturated rings. The van der Waals surface area contributed by atoms with Crippen molar-refractivity contribution in [2.45, 2.75) is 38.1 Å². The van der Waals surface area contributed by atoms with Gasteiger partial charge in [0.1, 0.15) is 17.7 Å². The number of benzene rings is 2.